The fourth-order valence-corrected chi connectivity index (χ4v) is 1.53. The van der Waals surface area contributed by atoms with Gasteiger partial charge in [0, 0.05) is 6.42 Å². The molecule has 0 fully saturated rings. The minimum absolute atomic E-state index is 0.288. The molecule has 1 unspecified atom stereocenters. The lowest BCUT2D eigenvalue weighted by Gasteiger charge is -2.27. The van der Waals surface area contributed by atoms with Crippen LogP contribution in [0.1, 0.15) is 53.4 Å². The Morgan fingerprint density at radius 1 is 1.38 bits per heavy atom. The van der Waals surface area contributed by atoms with Crippen molar-refractivity contribution in [1.82, 2.24) is 0 Å². The van der Waals surface area contributed by atoms with Crippen LogP contribution in [-0.4, -0.2) is 11.1 Å². The van der Waals surface area contributed by atoms with Crippen LogP contribution in [-0.2, 0) is 4.79 Å². The van der Waals surface area contributed by atoms with Gasteiger partial charge in [0.15, 0.2) is 0 Å². The van der Waals surface area contributed by atoms with E-state index in [2.05, 4.69) is 27.7 Å². The predicted molar refractivity (Wildman–Crippen MR) is 54.7 cm³/mol. The molecule has 0 spiro atoms. The molecule has 0 aromatic rings. The van der Waals surface area contributed by atoms with Gasteiger partial charge < -0.3 is 5.11 Å². The van der Waals surface area contributed by atoms with Gasteiger partial charge in [-0.15, -0.1) is 0 Å². The fraction of sp³-hybridized carbons (Fsp3) is 0.909. The number of rotatable bonds is 6. The molecular formula is C11H22O2. The summed E-state index contributed by atoms with van der Waals surface area (Å²) in [5.74, 6) is -0.328. The van der Waals surface area contributed by atoms with E-state index in [1.807, 2.05) is 0 Å². The molecule has 78 valence electrons. The van der Waals surface area contributed by atoms with Crippen molar-refractivity contribution in [3.63, 3.8) is 0 Å². The highest BCUT2D eigenvalue weighted by atomic mass is 16.4. The Kier molecular flexibility index (Phi) is 5.04. The molecule has 2 nitrogen and oxygen atoms in total. The lowest BCUT2D eigenvalue weighted by molar-refractivity contribution is -0.138. The van der Waals surface area contributed by atoms with Crippen molar-refractivity contribution in [1.29, 1.82) is 0 Å². The van der Waals surface area contributed by atoms with Crippen LogP contribution in [0.4, 0.5) is 0 Å². The topological polar surface area (TPSA) is 37.3 Å². The van der Waals surface area contributed by atoms with Gasteiger partial charge in [-0.25, -0.2) is 0 Å². The van der Waals surface area contributed by atoms with E-state index in [-0.39, 0.29) is 5.41 Å². The highest BCUT2D eigenvalue weighted by Crippen LogP contribution is 2.31. The maximum Gasteiger partial charge on any atom is 0.303 e. The maximum atomic E-state index is 10.5. The first-order valence-corrected chi connectivity index (χ1v) is 5.13. The first-order valence-electron chi connectivity index (χ1n) is 5.13. The zero-order valence-corrected chi connectivity index (χ0v) is 9.26. The summed E-state index contributed by atoms with van der Waals surface area (Å²) in [6.45, 7) is 8.64. The number of carboxylic acid groups (broad SMARTS) is 1. The molecule has 0 aromatic heterocycles. The van der Waals surface area contributed by atoms with E-state index in [1.54, 1.807) is 0 Å². The molecule has 1 N–H and O–H groups in total. The van der Waals surface area contributed by atoms with E-state index in [9.17, 15) is 4.79 Å². The summed E-state index contributed by atoms with van der Waals surface area (Å²) in [6, 6.07) is 0. The third-order valence-electron chi connectivity index (χ3n) is 2.84. The van der Waals surface area contributed by atoms with Gasteiger partial charge in [-0.1, -0.05) is 40.5 Å². The van der Waals surface area contributed by atoms with Gasteiger partial charge in [0.1, 0.15) is 0 Å². The molecule has 2 heteroatoms. The number of hydrogen-bond donors (Lipinski definition) is 1. The minimum Gasteiger partial charge on any atom is -0.481 e. The molecule has 0 saturated heterocycles. The SMILES string of the molecule is CCC(CC(=O)O)CC(C)(C)CC. The Morgan fingerprint density at radius 3 is 2.23 bits per heavy atom. The standard InChI is InChI=1S/C11H22O2/c1-5-9(7-10(12)13)8-11(3,4)6-2/h9H,5-8H2,1-4H3,(H,12,13). The Labute approximate surface area is 81.3 Å². The van der Waals surface area contributed by atoms with Crippen LogP contribution < -0.4 is 0 Å². The van der Waals surface area contributed by atoms with E-state index in [0.29, 0.717) is 12.3 Å². The van der Waals surface area contributed by atoms with Gasteiger partial charge >= 0.3 is 5.97 Å². The van der Waals surface area contributed by atoms with Crippen molar-refractivity contribution in [2.45, 2.75) is 53.4 Å². The van der Waals surface area contributed by atoms with Crippen LogP contribution in [0.5, 0.6) is 0 Å². The smallest absolute Gasteiger partial charge is 0.303 e. The summed E-state index contributed by atoms with van der Waals surface area (Å²) in [5, 5.41) is 8.68. The second-order valence-electron chi connectivity index (χ2n) is 4.59. The third kappa shape index (κ3) is 5.67. The van der Waals surface area contributed by atoms with Crippen LogP contribution in [0.25, 0.3) is 0 Å². The molecule has 13 heavy (non-hydrogen) atoms. The van der Waals surface area contributed by atoms with Crippen molar-refractivity contribution < 1.29 is 9.90 Å². The van der Waals surface area contributed by atoms with E-state index in [4.69, 9.17) is 5.11 Å². The molecule has 0 rings (SSSR count). The lowest BCUT2D eigenvalue weighted by Crippen LogP contribution is -2.18. The van der Waals surface area contributed by atoms with Gasteiger partial charge in [0.2, 0.25) is 0 Å². The second kappa shape index (κ2) is 5.25. The summed E-state index contributed by atoms with van der Waals surface area (Å²) < 4.78 is 0. The van der Waals surface area contributed by atoms with Crippen molar-refractivity contribution in [3.05, 3.63) is 0 Å². The van der Waals surface area contributed by atoms with Crippen LogP contribution in [0, 0.1) is 11.3 Å². The van der Waals surface area contributed by atoms with E-state index in [0.717, 1.165) is 19.3 Å². The van der Waals surface area contributed by atoms with Crippen LogP contribution in [0.2, 0.25) is 0 Å². The van der Waals surface area contributed by atoms with E-state index < -0.39 is 5.97 Å². The van der Waals surface area contributed by atoms with E-state index >= 15 is 0 Å². The zero-order valence-electron chi connectivity index (χ0n) is 9.26. The first kappa shape index (κ1) is 12.5. The Hall–Kier alpha value is -0.530. The van der Waals surface area contributed by atoms with Gasteiger partial charge in [0.25, 0.3) is 0 Å². The monoisotopic (exact) mass is 186 g/mol. The van der Waals surface area contributed by atoms with Crippen molar-refractivity contribution in [2.75, 3.05) is 0 Å². The number of aliphatic carboxylic acids is 1. The maximum absolute atomic E-state index is 10.5. The minimum atomic E-state index is -0.668. The molecule has 0 aliphatic carbocycles. The second-order valence-corrected chi connectivity index (χ2v) is 4.59. The molecule has 0 aliphatic heterocycles. The average Bonchev–Trinajstić information content (AvgIpc) is 2.02. The quantitative estimate of drug-likeness (QED) is 0.691. The third-order valence-corrected chi connectivity index (χ3v) is 2.84. The number of carboxylic acids is 1. The molecule has 0 radical (unpaired) electrons. The van der Waals surface area contributed by atoms with Gasteiger partial charge in [-0.05, 0) is 17.8 Å². The van der Waals surface area contributed by atoms with Crippen LogP contribution >= 0.6 is 0 Å². The summed E-state index contributed by atoms with van der Waals surface area (Å²) in [4.78, 5) is 10.5. The zero-order chi connectivity index (χ0) is 10.5. The van der Waals surface area contributed by atoms with E-state index in [1.165, 1.54) is 0 Å². The molecule has 0 amide bonds. The number of hydrogen-bond acceptors (Lipinski definition) is 1. The largest absolute Gasteiger partial charge is 0.481 e. The van der Waals surface area contributed by atoms with Gasteiger partial charge in [-0.2, -0.15) is 0 Å². The van der Waals surface area contributed by atoms with Crippen LogP contribution in [0.3, 0.4) is 0 Å². The van der Waals surface area contributed by atoms with Crippen molar-refractivity contribution in [2.24, 2.45) is 11.3 Å². The summed E-state index contributed by atoms with van der Waals surface area (Å²) in [6.07, 6.45) is 3.42. The summed E-state index contributed by atoms with van der Waals surface area (Å²) in [5.41, 5.74) is 0.288. The fourth-order valence-electron chi connectivity index (χ4n) is 1.53. The first-order chi connectivity index (χ1) is 5.91. The van der Waals surface area contributed by atoms with Crippen molar-refractivity contribution >= 4 is 5.97 Å². The molecule has 1 atom stereocenters. The van der Waals surface area contributed by atoms with Gasteiger partial charge in [0.05, 0.1) is 0 Å². The Morgan fingerprint density at radius 2 is 1.92 bits per heavy atom. The van der Waals surface area contributed by atoms with Crippen molar-refractivity contribution in [3.8, 4) is 0 Å². The Bertz CT molecular complexity index is 161. The summed E-state index contributed by atoms with van der Waals surface area (Å²) >= 11 is 0. The normalized spacial score (nSPS) is 14.2. The molecule has 0 saturated carbocycles. The molecule has 0 heterocycles. The average molecular weight is 186 g/mol. The Balaban J connectivity index is 4.04. The van der Waals surface area contributed by atoms with Gasteiger partial charge in [-0.3, -0.25) is 4.79 Å². The highest BCUT2D eigenvalue weighted by molar-refractivity contribution is 5.66. The summed E-state index contributed by atoms with van der Waals surface area (Å²) in [7, 11) is 0. The predicted octanol–water partition coefficient (Wildman–Crippen LogP) is 3.31. The molecule has 0 aliphatic rings. The highest BCUT2D eigenvalue weighted by Gasteiger charge is 2.21. The molecular weight excluding hydrogens is 164 g/mol. The lowest BCUT2D eigenvalue weighted by atomic mass is 9.79. The molecule has 0 aromatic carbocycles. The van der Waals surface area contributed by atoms with Crippen LogP contribution in [0.15, 0.2) is 0 Å². The number of carbonyl (C=O) groups is 1. The molecule has 0 bridgehead atoms.